The fourth-order valence-corrected chi connectivity index (χ4v) is 2.68. The lowest BCUT2D eigenvalue weighted by molar-refractivity contribution is 0.102. The Morgan fingerprint density at radius 3 is 2.63 bits per heavy atom. The van der Waals surface area contributed by atoms with E-state index >= 15 is 0 Å². The monoisotopic (exact) mass is 276 g/mol. The molecule has 2 rings (SSSR count). The molecule has 0 saturated carbocycles. The molecule has 0 unspecified atom stereocenters. The number of carbonyl (C=O) groups excluding carboxylic acids is 1. The van der Waals surface area contributed by atoms with Gasteiger partial charge in [0.05, 0.1) is 17.0 Å². The average Bonchev–Trinajstić information content (AvgIpc) is 2.69. The molecule has 0 radical (unpaired) electrons. The molecule has 19 heavy (non-hydrogen) atoms. The number of hydrogen-bond acceptors (Lipinski definition) is 5. The van der Waals surface area contributed by atoms with Gasteiger partial charge in [-0.05, 0) is 27.2 Å². The van der Waals surface area contributed by atoms with Crippen molar-refractivity contribution in [3.63, 3.8) is 0 Å². The predicted molar refractivity (Wildman–Crippen MR) is 75.7 cm³/mol. The van der Waals surface area contributed by atoms with Gasteiger partial charge in [-0.15, -0.1) is 11.3 Å². The summed E-state index contributed by atoms with van der Waals surface area (Å²) in [5.41, 5.74) is 2.18. The van der Waals surface area contributed by atoms with Crippen molar-refractivity contribution in [1.29, 1.82) is 0 Å². The Balaban J connectivity index is 2.20. The number of thiazole rings is 1. The number of aromatic nitrogens is 3. The number of aryl methyl sites for hydroxylation is 4. The van der Waals surface area contributed by atoms with Gasteiger partial charge in [-0.3, -0.25) is 10.1 Å². The van der Waals surface area contributed by atoms with Crippen molar-refractivity contribution >= 4 is 22.4 Å². The van der Waals surface area contributed by atoms with E-state index in [-0.39, 0.29) is 5.91 Å². The molecule has 0 bridgehead atoms. The molecule has 1 N–H and O–H groups in total. The smallest absolute Gasteiger partial charge is 0.260 e. The molecular formula is C13H16N4OS. The zero-order valence-electron chi connectivity index (χ0n) is 11.4. The van der Waals surface area contributed by atoms with Crippen molar-refractivity contribution in [2.24, 2.45) is 0 Å². The molecule has 2 aromatic rings. The molecule has 5 nitrogen and oxygen atoms in total. The lowest BCUT2D eigenvalue weighted by atomic mass is 10.2. The fourth-order valence-electron chi connectivity index (χ4n) is 1.78. The number of rotatable bonds is 3. The van der Waals surface area contributed by atoms with Crippen LogP contribution in [-0.4, -0.2) is 20.9 Å². The van der Waals surface area contributed by atoms with Crippen LogP contribution in [0, 0.1) is 20.8 Å². The van der Waals surface area contributed by atoms with Gasteiger partial charge < -0.3 is 0 Å². The van der Waals surface area contributed by atoms with Crippen LogP contribution in [0.3, 0.4) is 0 Å². The number of carbonyl (C=O) groups is 1. The zero-order valence-corrected chi connectivity index (χ0v) is 12.3. The van der Waals surface area contributed by atoms with Gasteiger partial charge in [-0.25, -0.2) is 15.0 Å². The minimum absolute atomic E-state index is 0.214. The maximum absolute atomic E-state index is 12.1. The van der Waals surface area contributed by atoms with E-state index < -0.39 is 0 Å². The van der Waals surface area contributed by atoms with Crippen LogP contribution < -0.4 is 5.32 Å². The van der Waals surface area contributed by atoms with Crippen molar-refractivity contribution in [1.82, 2.24) is 15.0 Å². The molecule has 0 fully saturated rings. The Hall–Kier alpha value is -1.82. The first-order valence-corrected chi connectivity index (χ1v) is 6.90. The molecule has 0 aliphatic rings. The Morgan fingerprint density at radius 1 is 1.32 bits per heavy atom. The van der Waals surface area contributed by atoms with Crippen molar-refractivity contribution in [3.05, 3.63) is 33.8 Å². The summed E-state index contributed by atoms with van der Waals surface area (Å²) in [6.07, 6.45) is 2.42. The lowest BCUT2D eigenvalue weighted by Crippen LogP contribution is -2.15. The number of anilines is 1. The maximum atomic E-state index is 12.1. The van der Waals surface area contributed by atoms with E-state index in [9.17, 15) is 4.79 Å². The van der Waals surface area contributed by atoms with Crippen LogP contribution >= 0.6 is 11.3 Å². The van der Waals surface area contributed by atoms with E-state index in [4.69, 9.17) is 0 Å². The van der Waals surface area contributed by atoms with Crippen LogP contribution in [0.15, 0.2) is 6.20 Å². The van der Waals surface area contributed by atoms with E-state index in [1.54, 1.807) is 20.0 Å². The van der Waals surface area contributed by atoms with Crippen LogP contribution in [0.1, 0.15) is 39.4 Å². The van der Waals surface area contributed by atoms with Crippen molar-refractivity contribution in [3.8, 4) is 0 Å². The van der Waals surface area contributed by atoms with Crippen LogP contribution in [0.2, 0.25) is 0 Å². The van der Waals surface area contributed by atoms with Crippen molar-refractivity contribution in [2.45, 2.75) is 34.1 Å². The van der Waals surface area contributed by atoms with Gasteiger partial charge in [0.15, 0.2) is 5.13 Å². The summed E-state index contributed by atoms with van der Waals surface area (Å²) in [6, 6.07) is 0. The molecule has 0 spiro atoms. The predicted octanol–water partition coefficient (Wildman–Crippen LogP) is 2.67. The van der Waals surface area contributed by atoms with Crippen molar-refractivity contribution in [2.75, 3.05) is 5.32 Å². The highest BCUT2D eigenvalue weighted by Gasteiger charge is 2.14. The Bertz CT molecular complexity index is 621. The van der Waals surface area contributed by atoms with Crippen LogP contribution in [-0.2, 0) is 6.42 Å². The number of nitrogens with one attached hydrogen (secondary N) is 1. The number of amides is 1. The Kier molecular flexibility index (Phi) is 3.90. The third-order valence-electron chi connectivity index (χ3n) is 2.79. The fraction of sp³-hybridized carbons (Fsp3) is 0.385. The molecule has 0 aliphatic heterocycles. The van der Waals surface area contributed by atoms with E-state index in [0.29, 0.717) is 22.2 Å². The van der Waals surface area contributed by atoms with Gasteiger partial charge >= 0.3 is 0 Å². The van der Waals surface area contributed by atoms with Crippen LogP contribution in [0.25, 0.3) is 0 Å². The summed E-state index contributed by atoms with van der Waals surface area (Å²) >= 11 is 1.49. The SMILES string of the molecule is CCc1nc(NC(=O)c2cnc(C)nc2C)sc1C. The third kappa shape index (κ3) is 2.96. The van der Waals surface area contributed by atoms with Crippen LogP contribution in [0.4, 0.5) is 5.13 Å². The largest absolute Gasteiger partial charge is 0.298 e. The van der Waals surface area contributed by atoms with E-state index in [1.165, 1.54) is 11.3 Å². The maximum Gasteiger partial charge on any atom is 0.260 e. The highest BCUT2D eigenvalue weighted by Crippen LogP contribution is 2.23. The second-order valence-corrected chi connectivity index (χ2v) is 5.45. The van der Waals surface area contributed by atoms with Gasteiger partial charge in [0.1, 0.15) is 5.82 Å². The summed E-state index contributed by atoms with van der Waals surface area (Å²) in [5, 5.41) is 3.43. The summed E-state index contributed by atoms with van der Waals surface area (Å²) in [4.78, 5) is 25.9. The molecule has 0 aromatic carbocycles. The standard InChI is InChI=1S/C13H16N4OS/c1-5-11-8(3)19-13(16-11)17-12(18)10-6-14-9(4)15-7(10)2/h6H,5H2,1-4H3,(H,16,17,18). The molecule has 0 atom stereocenters. The molecule has 1 amide bonds. The summed E-state index contributed by atoms with van der Waals surface area (Å²) in [6.45, 7) is 7.65. The third-order valence-corrected chi connectivity index (χ3v) is 3.72. The van der Waals surface area contributed by atoms with Gasteiger partial charge in [-0.1, -0.05) is 6.92 Å². The number of hydrogen-bond donors (Lipinski definition) is 1. The van der Waals surface area contributed by atoms with Gasteiger partial charge in [-0.2, -0.15) is 0 Å². The van der Waals surface area contributed by atoms with Gasteiger partial charge in [0, 0.05) is 11.1 Å². The average molecular weight is 276 g/mol. The van der Waals surface area contributed by atoms with E-state index in [0.717, 1.165) is 17.0 Å². The quantitative estimate of drug-likeness (QED) is 0.935. The topological polar surface area (TPSA) is 67.8 Å². The Morgan fingerprint density at radius 2 is 2.05 bits per heavy atom. The molecular weight excluding hydrogens is 260 g/mol. The lowest BCUT2D eigenvalue weighted by Gasteiger charge is -2.04. The normalized spacial score (nSPS) is 10.5. The van der Waals surface area contributed by atoms with Gasteiger partial charge in [0.25, 0.3) is 5.91 Å². The first kappa shape index (κ1) is 13.6. The van der Waals surface area contributed by atoms with Gasteiger partial charge in [0.2, 0.25) is 0 Å². The van der Waals surface area contributed by atoms with E-state index in [2.05, 4.69) is 20.3 Å². The summed E-state index contributed by atoms with van der Waals surface area (Å²) in [7, 11) is 0. The highest BCUT2D eigenvalue weighted by molar-refractivity contribution is 7.15. The molecule has 6 heteroatoms. The Labute approximate surface area is 116 Å². The molecule has 100 valence electrons. The second-order valence-electron chi connectivity index (χ2n) is 4.25. The molecule has 0 saturated heterocycles. The number of nitrogens with zero attached hydrogens (tertiary/aromatic N) is 3. The minimum Gasteiger partial charge on any atom is -0.298 e. The first-order valence-electron chi connectivity index (χ1n) is 6.09. The molecule has 2 aromatic heterocycles. The summed E-state index contributed by atoms with van der Waals surface area (Å²) < 4.78 is 0. The zero-order chi connectivity index (χ0) is 14.0. The van der Waals surface area contributed by atoms with Crippen LogP contribution in [0.5, 0.6) is 0 Å². The minimum atomic E-state index is -0.214. The van der Waals surface area contributed by atoms with Crippen molar-refractivity contribution < 1.29 is 4.79 Å². The first-order chi connectivity index (χ1) is 9.01. The second kappa shape index (κ2) is 5.44. The highest BCUT2D eigenvalue weighted by atomic mass is 32.1. The van der Waals surface area contributed by atoms with E-state index in [1.807, 2.05) is 13.8 Å². The molecule has 0 aliphatic carbocycles. The summed E-state index contributed by atoms with van der Waals surface area (Å²) in [5.74, 6) is 0.446. The molecule has 2 heterocycles.